The third-order valence-corrected chi connectivity index (χ3v) is 5.15. The van der Waals surface area contributed by atoms with Crippen LogP contribution in [0.2, 0.25) is 0 Å². The van der Waals surface area contributed by atoms with Gasteiger partial charge in [0.1, 0.15) is 3.67 Å². The lowest BCUT2D eigenvalue weighted by atomic mass is 10.2. The zero-order valence-corrected chi connectivity index (χ0v) is 9.14. The van der Waals surface area contributed by atoms with Crippen molar-refractivity contribution >= 4 is 30.2 Å². The first-order chi connectivity index (χ1) is 5.52. The van der Waals surface area contributed by atoms with E-state index in [4.69, 9.17) is 9.79 Å². The summed E-state index contributed by atoms with van der Waals surface area (Å²) in [6.07, 6.45) is 0. The van der Waals surface area contributed by atoms with Gasteiger partial charge < -0.3 is 9.79 Å². The molecule has 0 aliphatic carbocycles. The summed E-state index contributed by atoms with van der Waals surface area (Å²) < 4.78 is 10.1. The number of rotatable bonds is 2. The molecule has 3 nitrogen and oxygen atoms in total. The smallest absolute Gasteiger partial charge is 0.323 e. The summed E-state index contributed by atoms with van der Waals surface area (Å²) in [5, 5.41) is 0. The van der Waals surface area contributed by atoms with E-state index < -0.39 is 11.3 Å². The van der Waals surface area contributed by atoms with Crippen molar-refractivity contribution in [1.82, 2.24) is 0 Å². The standard InChI is InChI=1S/C7H8IO3P/c8-7(12(9,10)11)6-4-2-1-3-5-6/h1-5,7H,(H2,9,10,11). The number of hydrogen-bond acceptors (Lipinski definition) is 1. The second kappa shape index (κ2) is 3.87. The zero-order chi connectivity index (χ0) is 9.19. The van der Waals surface area contributed by atoms with Crippen molar-refractivity contribution < 1.29 is 14.4 Å². The van der Waals surface area contributed by atoms with Crippen molar-refractivity contribution in [1.29, 1.82) is 0 Å². The second-order valence-corrected chi connectivity index (χ2v) is 6.26. The van der Waals surface area contributed by atoms with Crippen molar-refractivity contribution in [2.45, 2.75) is 3.67 Å². The predicted octanol–water partition coefficient (Wildman–Crippen LogP) is 2.30. The molecule has 12 heavy (non-hydrogen) atoms. The number of alkyl halides is 1. The molecule has 0 heterocycles. The molecule has 1 atom stereocenters. The van der Waals surface area contributed by atoms with Crippen LogP contribution in [0.3, 0.4) is 0 Å². The van der Waals surface area contributed by atoms with Crippen LogP contribution < -0.4 is 0 Å². The highest BCUT2D eigenvalue weighted by molar-refractivity contribution is 14.1. The third-order valence-electron chi connectivity index (χ3n) is 1.37. The maximum Gasteiger partial charge on any atom is 0.342 e. The van der Waals surface area contributed by atoms with Gasteiger partial charge in [0, 0.05) is 0 Å². The minimum atomic E-state index is -3.99. The van der Waals surface area contributed by atoms with Crippen LogP contribution in [-0.4, -0.2) is 9.79 Å². The molecular formula is C7H8IO3P. The molecule has 1 rings (SSSR count). The van der Waals surface area contributed by atoms with Gasteiger partial charge in [-0.3, -0.25) is 4.57 Å². The Hall–Kier alpha value is 0.1000. The number of halogens is 1. The fraction of sp³-hybridized carbons (Fsp3) is 0.143. The first-order valence-electron chi connectivity index (χ1n) is 3.26. The highest BCUT2D eigenvalue weighted by Crippen LogP contribution is 2.55. The molecule has 0 fully saturated rings. The molecule has 1 aromatic carbocycles. The van der Waals surface area contributed by atoms with E-state index in [1.807, 2.05) is 6.07 Å². The second-order valence-electron chi connectivity index (χ2n) is 2.34. The van der Waals surface area contributed by atoms with Crippen molar-refractivity contribution in [3.8, 4) is 0 Å². The predicted molar refractivity (Wildman–Crippen MR) is 55.2 cm³/mol. The molecular weight excluding hydrogens is 290 g/mol. The SMILES string of the molecule is O=P(O)(O)C(I)c1ccccc1. The molecule has 0 bridgehead atoms. The third kappa shape index (κ3) is 2.55. The van der Waals surface area contributed by atoms with Gasteiger partial charge in [-0.1, -0.05) is 52.9 Å². The lowest BCUT2D eigenvalue weighted by molar-refractivity contribution is 0.372. The maximum absolute atomic E-state index is 10.8. The summed E-state index contributed by atoms with van der Waals surface area (Å²) in [4.78, 5) is 17.7. The molecule has 0 saturated carbocycles. The van der Waals surface area contributed by atoms with Crippen LogP contribution in [0.15, 0.2) is 30.3 Å². The lowest BCUT2D eigenvalue weighted by Gasteiger charge is -2.11. The van der Waals surface area contributed by atoms with Crippen molar-refractivity contribution in [3.63, 3.8) is 0 Å². The van der Waals surface area contributed by atoms with Gasteiger partial charge in [0.05, 0.1) is 0 Å². The van der Waals surface area contributed by atoms with Gasteiger partial charge in [-0.25, -0.2) is 0 Å². The Bertz CT molecular complexity index is 295. The van der Waals surface area contributed by atoms with E-state index in [9.17, 15) is 4.57 Å². The summed E-state index contributed by atoms with van der Waals surface area (Å²) in [5.41, 5.74) is 0.659. The average Bonchev–Trinajstić information content (AvgIpc) is 2.03. The maximum atomic E-state index is 10.8. The molecule has 1 aromatic rings. The quantitative estimate of drug-likeness (QED) is 0.500. The molecule has 0 aromatic heterocycles. The Kier molecular flexibility index (Phi) is 3.29. The average molecular weight is 298 g/mol. The van der Waals surface area contributed by atoms with Crippen molar-refractivity contribution in [3.05, 3.63) is 35.9 Å². The lowest BCUT2D eigenvalue weighted by Crippen LogP contribution is -1.89. The van der Waals surface area contributed by atoms with Crippen LogP contribution in [-0.2, 0) is 4.57 Å². The van der Waals surface area contributed by atoms with Crippen LogP contribution in [0.4, 0.5) is 0 Å². The van der Waals surface area contributed by atoms with Gasteiger partial charge in [0.15, 0.2) is 0 Å². The van der Waals surface area contributed by atoms with Crippen LogP contribution in [0.5, 0.6) is 0 Å². The van der Waals surface area contributed by atoms with E-state index in [0.29, 0.717) is 5.56 Å². The van der Waals surface area contributed by atoms with E-state index in [1.165, 1.54) is 0 Å². The highest BCUT2D eigenvalue weighted by Gasteiger charge is 2.26. The monoisotopic (exact) mass is 298 g/mol. The Labute approximate surface area is 84.1 Å². The first-order valence-corrected chi connectivity index (χ1v) is 6.19. The topological polar surface area (TPSA) is 57.5 Å². The summed E-state index contributed by atoms with van der Waals surface area (Å²) in [5.74, 6) is 0. The summed E-state index contributed by atoms with van der Waals surface area (Å²) in [7, 11) is -3.99. The van der Waals surface area contributed by atoms with E-state index >= 15 is 0 Å². The molecule has 0 saturated heterocycles. The first kappa shape index (κ1) is 10.2. The molecule has 0 amide bonds. The molecule has 2 N–H and O–H groups in total. The Morgan fingerprint density at radius 1 is 1.25 bits per heavy atom. The van der Waals surface area contributed by atoms with Crippen LogP contribution in [0, 0.1) is 0 Å². The van der Waals surface area contributed by atoms with Crippen LogP contribution in [0.25, 0.3) is 0 Å². The fourth-order valence-corrected chi connectivity index (χ4v) is 1.78. The molecule has 0 radical (unpaired) electrons. The largest absolute Gasteiger partial charge is 0.342 e. The molecule has 5 heteroatoms. The van der Waals surface area contributed by atoms with E-state index in [2.05, 4.69) is 0 Å². The van der Waals surface area contributed by atoms with Crippen molar-refractivity contribution in [2.75, 3.05) is 0 Å². The number of hydrogen-bond donors (Lipinski definition) is 2. The normalized spacial score (nSPS) is 14.2. The van der Waals surface area contributed by atoms with E-state index in [-0.39, 0.29) is 0 Å². The molecule has 0 aliphatic heterocycles. The van der Waals surface area contributed by atoms with Gasteiger partial charge in [-0.2, -0.15) is 0 Å². The van der Waals surface area contributed by atoms with Crippen molar-refractivity contribution in [2.24, 2.45) is 0 Å². The molecule has 66 valence electrons. The fourth-order valence-electron chi connectivity index (χ4n) is 0.806. The van der Waals surface area contributed by atoms with Crippen LogP contribution >= 0.6 is 30.2 Å². The highest BCUT2D eigenvalue weighted by atomic mass is 127. The van der Waals surface area contributed by atoms with Crippen LogP contribution in [0.1, 0.15) is 9.23 Å². The van der Waals surface area contributed by atoms with Gasteiger partial charge in [0.2, 0.25) is 0 Å². The molecule has 0 spiro atoms. The summed E-state index contributed by atoms with van der Waals surface area (Å²) in [6.45, 7) is 0. The number of benzene rings is 1. The van der Waals surface area contributed by atoms with Gasteiger partial charge >= 0.3 is 7.60 Å². The summed E-state index contributed by atoms with van der Waals surface area (Å²) >= 11 is 1.75. The molecule has 0 aliphatic rings. The minimum Gasteiger partial charge on any atom is -0.323 e. The van der Waals surface area contributed by atoms with Gasteiger partial charge in [0.25, 0.3) is 0 Å². The minimum absolute atomic E-state index is 0.659. The van der Waals surface area contributed by atoms with E-state index in [1.54, 1.807) is 46.9 Å². The molecule has 1 unspecified atom stereocenters. The Morgan fingerprint density at radius 3 is 2.17 bits per heavy atom. The summed E-state index contributed by atoms with van der Waals surface area (Å²) in [6, 6.07) is 8.74. The Balaban J connectivity index is 2.94. The van der Waals surface area contributed by atoms with Gasteiger partial charge in [-0.15, -0.1) is 0 Å². The van der Waals surface area contributed by atoms with Gasteiger partial charge in [-0.05, 0) is 5.56 Å². The Morgan fingerprint density at radius 2 is 1.75 bits per heavy atom. The van der Waals surface area contributed by atoms with E-state index in [0.717, 1.165) is 0 Å². The zero-order valence-electron chi connectivity index (χ0n) is 6.09.